The molecule has 9 heteroatoms. The normalized spacial score (nSPS) is 17.7. The average molecular weight is 467 g/mol. The Balaban J connectivity index is 2.51. The molecule has 1 aliphatic rings. The summed E-state index contributed by atoms with van der Waals surface area (Å²) < 4.78 is 45.5. The fourth-order valence-electron chi connectivity index (χ4n) is 3.46. The van der Waals surface area contributed by atoms with Gasteiger partial charge in [0.2, 0.25) is 0 Å². The summed E-state index contributed by atoms with van der Waals surface area (Å²) in [5.41, 5.74) is 1.35. The quantitative estimate of drug-likeness (QED) is 0.661. The van der Waals surface area contributed by atoms with Crippen LogP contribution < -0.4 is 4.90 Å². The predicted octanol–water partition coefficient (Wildman–Crippen LogP) is 5.18. The molecule has 1 N–H and O–H groups in total. The molecule has 0 saturated carbocycles. The Morgan fingerprint density at radius 1 is 1.21 bits per heavy atom. The summed E-state index contributed by atoms with van der Waals surface area (Å²) in [6, 6.07) is 0. The Morgan fingerprint density at radius 3 is 2.18 bits per heavy atom. The largest absolute Gasteiger partial charge is 0.479 e. The number of piperidine rings is 1. The molecule has 1 saturated heterocycles. The number of aromatic nitrogens is 1. The van der Waals surface area contributed by atoms with Crippen LogP contribution in [0.4, 0.5) is 18.9 Å². The van der Waals surface area contributed by atoms with Crippen molar-refractivity contribution in [3.8, 4) is 0 Å². The monoisotopic (exact) mass is 466 g/mol. The van der Waals surface area contributed by atoms with E-state index >= 15 is 0 Å². The SMILES string of the molecule is Cc1nc(C)c(C(OC(C)(C)C)C(=O)O)c(N2CCC(C(F)(F)F)CC2)c1Br. The van der Waals surface area contributed by atoms with Gasteiger partial charge in [0.25, 0.3) is 0 Å². The van der Waals surface area contributed by atoms with Crippen LogP contribution in [0.2, 0.25) is 0 Å². The zero-order valence-corrected chi connectivity index (χ0v) is 18.2. The molecule has 0 aliphatic carbocycles. The van der Waals surface area contributed by atoms with Crippen LogP contribution in [0.25, 0.3) is 0 Å². The molecule has 1 fully saturated rings. The van der Waals surface area contributed by atoms with Crippen molar-refractivity contribution in [2.75, 3.05) is 18.0 Å². The third kappa shape index (κ3) is 5.17. The van der Waals surface area contributed by atoms with Crippen LogP contribution >= 0.6 is 15.9 Å². The molecule has 1 unspecified atom stereocenters. The molecule has 1 aromatic rings. The number of aliphatic carboxylic acids is 1. The summed E-state index contributed by atoms with van der Waals surface area (Å²) in [5.74, 6) is -2.50. The van der Waals surface area contributed by atoms with Crippen molar-refractivity contribution < 1.29 is 27.8 Å². The van der Waals surface area contributed by atoms with E-state index in [9.17, 15) is 23.1 Å². The fourth-order valence-corrected chi connectivity index (χ4v) is 4.01. The Morgan fingerprint density at radius 2 is 1.75 bits per heavy atom. The van der Waals surface area contributed by atoms with Gasteiger partial charge in [-0.2, -0.15) is 13.2 Å². The van der Waals surface area contributed by atoms with Crippen LogP contribution in [0.5, 0.6) is 0 Å². The number of carbonyl (C=O) groups is 1. The van der Waals surface area contributed by atoms with E-state index in [1.807, 2.05) is 4.90 Å². The van der Waals surface area contributed by atoms with Gasteiger partial charge in [0.15, 0.2) is 6.10 Å². The minimum Gasteiger partial charge on any atom is -0.479 e. The maximum Gasteiger partial charge on any atom is 0.391 e. The first-order valence-corrected chi connectivity index (χ1v) is 9.90. The number of carboxylic acid groups (broad SMARTS) is 1. The van der Waals surface area contributed by atoms with Gasteiger partial charge in [-0.25, -0.2) is 4.79 Å². The summed E-state index contributed by atoms with van der Waals surface area (Å²) in [6.45, 7) is 9.09. The first-order chi connectivity index (χ1) is 12.7. The van der Waals surface area contributed by atoms with E-state index in [2.05, 4.69) is 20.9 Å². The van der Waals surface area contributed by atoms with E-state index in [1.54, 1.807) is 34.6 Å². The zero-order valence-electron chi connectivity index (χ0n) is 16.7. The Hall–Kier alpha value is -1.35. The van der Waals surface area contributed by atoms with Crippen LogP contribution in [0.3, 0.4) is 0 Å². The van der Waals surface area contributed by atoms with Crippen molar-refractivity contribution >= 4 is 27.6 Å². The number of alkyl halides is 3. The number of rotatable bonds is 4. The number of hydrogen-bond donors (Lipinski definition) is 1. The van der Waals surface area contributed by atoms with Gasteiger partial charge in [0.1, 0.15) is 0 Å². The van der Waals surface area contributed by atoms with Crippen molar-refractivity contribution in [2.24, 2.45) is 5.92 Å². The number of nitrogens with zero attached hydrogens (tertiary/aromatic N) is 2. The molecular weight excluding hydrogens is 441 g/mol. The molecule has 0 radical (unpaired) electrons. The van der Waals surface area contributed by atoms with Gasteiger partial charge in [-0.1, -0.05) is 0 Å². The zero-order chi connectivity index (χ0) is 21.4. The van der Waals surface area contributed by atoms with Crippen LogP contribution in [0.15, 0.2) is 4.47 Å². The molecule has 2 rings (SSSR count). The maximum absolute atomic E-state index is 13.0. The lowest BCUT2D eigenvalue weighted by atomic mass is 9.94. The topological polar surface area (TPSA) is 62.7 Å². The lowest BCUT2D eigenvalue weighted by Gasteiger charge is -2.37. The second-order valence-electron chi connectivity index (χ2n) is 8.11. The van der Waals surface area contributed by atoms with E-state index in [0.29, 0.717) is 27.1 Å². The number of pyridine rings is 1. The van der Waals surface area contributed by atoms with E-state index in [4.69, 9.17) is 4.74 Å². The molecule has 2 heterocycles. The summed E-state index contributed by atoms with van der Waals surface area (Å²) in [7, 11) is 0. The first-order valence-electron chi connectivity index (χ1n) is 9.11. The van der Waals surface area contributed by atoms with Crippen LogP contribution in [0, 0.1) is 19.8 Å². The number of ether oxygens (including phenoxy) is 1. The minimum absolute atomic E-state index is 0.0341. The summed E-state index contributed by atoms with van der Waals surface area (Å²) in [5, 5.41) is 9.81. The van der Waals surface area contributed by atoms with Gasteiger partial charge in [-0.3, -0.25) is 4.98 Å². The highest BCUT2D eigenvalue weighted by Gasteiger charge is 2.42. The Bertz CT molecular complexity index is 739. The number of anilines is 1. The second kappa shape index (κ2) is 8.18. The van der Waals surface area contributed by atoms with Gasteiger partial charge in [-0.15, -0.1) is 0 Å². The van der Waals surface area contributed by atoms with E-state index in [-0.39, 0.29) is 25.9 Å². The molecule has 1 aromatic heterocycles. The molecule has 1 aliphatic heterocycles. The van der Waals surface area contributed by atoms with Gasteiger partial charge >= 0.3 is 12.1 Å². The van der Waals surface area contributed by atoms with E-state index in [1.165, 1.54) is 0 Å². The lowest BCUT2D eigenvalue weighted by Crippen LogP contribution is -2.40. The molecule has 158 valence electrons. The van der Waals surface area contributed by atoms with Crippen molar-refractivity contribution in [3.05, 3.63) is 21.4 Å². The third-order valence-corrected chi connectivity index (χ3v) is 5.69. The highest BCUT2D eigenvalue weighted by atomic mass is 79.9. The predicted molar refractivity (Wildman–Crippen MR) is 104 cm³/mol. The van der Waals surface area contributed by atoms with E-state index in [0.717, 1.165) is 0 Å². The first kappa shape index (κ1) is 22.9. The van der Waals surface area contributed by atoms with Crippen molar-refractivity contribution in [3.63, 3.8) is 0 Å². The number of halogens is 4. The molecule has 0 spiro atoms. The van der Waals surface area contributed by atoms with Gasteiger partial charge in [0.05, 0.1) is 27.4 Å². The van der Waals surface area contributed by atoms with Gasteiger partial charge < -0.3 is 14.7 Å². The fraction of sp³-hybridized carbons (Fsp3) is 0.684. The summed E-state index contributed by atoms with van der Waals surface area (Å²) >= 11 is 3.48. The van der Waals surface area contributed by atoms with Gasteiger partial charge in [-0.05, 0) is 63.4 Å². The molecular formula is C19H26BrF3N2O3. The van der Waals surface area contributed by atoms with Crippen LogP contribution in [0.1, 0.15) is 56.7 Å². The number of carboxylic acids is 1. The molecule has 0 bridgehead atoms. The molecule has 5 nitrogen and oxygen atoms in total. The van der Waals surface area contributed by atoms with E-state index < -0.39 is 29.8 Å². The molecule has 28 heavy (non-hydrogen) atoms. The summed E-state index contributed by atoms with van der Waals surface area (Å²) in [6.07, 6.45) is -5.56. The smallest absolute Gasteiger partial charge is 0.391 e. The Kier molecular flexibility index (Phi) is 6.70. The van der Waals surface area contributed by atoms with Gasteiger partial charge in [0, 0.05) is 24.3 Å². The highest BCUT2D eigenvalue weighted by molar-refractivity contribution is 9.10. The van der Waals surface area contributed by atoms with Crippen molar-refractivity contribution in [1.29, 1.82) is 0 Å². The van der Waals surface area contributed by atoms with Crippen molar-refractivity contribution in [2.45, 2.75) is 65.3 Å². The minimum atomic E-state index is -4.21. The third-order valence-electron chi connectivity index (χ3n) is 4.74. The van der Waals surface area contributed by atoms with Crippen LogP contribution in [-0.4, -0.2) is 40.9 Å². The standard InChI is InChI=1S/C19H26BrF3N2O3/c1-10-13(16(17(26)27)28-18(3,4)5)15(14(20)11(2)24-10)25-8-6-12(7-9-25)19(21,22)23/h12,16H,6-9H2,1-5H3,(H,26,27). The number of hydrogen-bond acceptors (Lipinski definition) is 4. The molecule has 0 aromatic carbocycles. The van der Waals surface area contributed by atoms with Crippen molar-refractivity contribution in [1.82, 2.24) is 4.98 Å². The molecule has 0 amide bonds. The second-order valence-corrected chi connectivity index (χ2v) is 8.90. The average Bonchev–Trinajstić information content (AvgIpc) is 2.54. The lowest BCUT2D eigenvalue weighted by molar-refractivity contribution is -0.179. The summed E-state index contributed by atoms with van der Waals surface area (Å²) in [4.78, 5) is 18.2. The highest BCUT2D eigenvalue weighted by Crippen LogP contribution is 2.43. The molecule has 1 atom stereocenters. The number of aryl methyl sites for hydroxylation is 2. The van der Waals surface area contributed by atoms with Crippen LogP contribution in [-0.2, 0) is 9.53 Å². The maximum atomic E-state index is 13.0. The Labute approximate surface area is 171 Å².